The number of aromatic amines is 1. The van der Waals surface area contributed by atoms with Crippen LogP contribution in [0, 0.1) is 0 Å². The first-order valence-electron chi connectivity index (χ1n) is 3.69. The van der Waals surface area contributed by atoms with Gasteiger partial charge in [0, 0.05) is 6.20 Å². The van der Waals surface area contributed by atoms with E-state index in [0.29, 0.717) is 11.0 Å². The van der Waals surface area contributed by atoms with Crippen molar-refractivity contribution in [3.63, 3.8) is 0 Å². The second-order valence-corrected chi connectivity index (χ2v) is 3.09. The highest BCUT2D eigenvalue weighted by Gasteiger charge is 2.34. The number of pyridine rings is 1. The van der Waals surface area contributed by atoms with E-state index in [2.05, 4.69) is 9.97 Å². The summed E-state index contributed by atoms with van der Waals surface area (Å²) in [4.78, 5) is 6.25. The summed E-state index contributed by atoms with van der Waals surface area (Å²) in [6.45, 7) is 0. The predicted octanol–water partition coefficient (Wildman–Crippen LogP) is 3.24. The highest BCUT2D eigenvalue weighted by atomic mass is 35.5. The van der Waals surface area contributed by atoms with Crippen LogP contribution < -0.4 is 0 Å². The second kappa shape index (κ2) is 2.88. The Bertz CT molecular complexity index is 475. The van der Waals surface area contributed by atoms with Crippen molar-refractivity contribution < 1.29 is 13.2 Å². The van der Waals surface area contributed by atoms with Gasteiger partial charge in [-0.15, -0.1) is 0 Å². The molecule has 0 aliphatic carbocycles. The van der Waals surface area contributed by atoms with E-state index in [1.54, 1.807) is 6.07 Å². The Hall–Kier alpha value is -1.23. The molecule has 0 radical (unpaired) electrons. The van der Waals surface area contributed by atoms with Crippen molar-refractivity contribution in [2.45, 2.75) is 6.18 Å². The summed E-state index contributed by atoms with van der Waals surface area (Å²) in [5, 5.41) is -0.524. The maximum atomic E-state index is 12.3. The van der Waals surface area contributed by atoms with Crippen LogP contribution in [-0.2, 0) is 6.18 Å². The third kappa shape index (κ3) is 1.43. The number of rotatable bonds is 0. The molecule has 0 aliphatic rings. The first kappa shape index (κ1) is 9.33. The van der Waals surface area contributed by atoms with E-state index >= 15 is 0 Å². The Labute approximate surface area is 81.7 Å². The van der Waals surface area contributed by atoms with E-state index in [1.165, 1.54) is 6.20 Å². The van der Waals surface area contributed by atoms with Crippen LogP contribution in [0.4, 0.5) is 13.2 Å². The summed E-state index contributed by atoms with van der Waals surface area (Å²) in [5.74, 6) is 0. The van der Waals surface area contributed by atoms with E-state index in [9.17, 15) is 13.2 Å². The van der Waals surface area contributed by atoms with Crippen LogP contribution in [0.3, 0.4) is 0 Å². The van der Waals surface area contributed by atoms with Crippen molar-refractivity contribution in [2.24, 2.45) is 0 Å². The molecule has 0 fully saturated rings. The maximum absolute atomic E-state index is 12.3. The van der Waals surface area contributed by atoms with Gasteiger partial charge in [0.1, 0.15) is 5.15 Å². The van der Waals surface area contributed by atoms with E-state index in [-0.39, 0.29) is 0 Å². The Kier molecular flexibility index (Phi) is 1.92. The topological polar surface area (TPSA) is 28.7 Å². The average Bonchev–Trinajstić information content (AvgIpc) is 2.47. The van der Waals surface area contributed by atoms with Crippen LogP contribution in [0.25, 0.3) is 11.0 Å². The standard InChI is InChI=1S/C8H4ClF3N2/c9-7-4(8(10,11)12)3-6-5(14-7)1-2-13-6/h1-3,13H. The zero-order valence-electron chi connectivity index (χ0n) is 6.69. The SMILES string of the molecule is FC(F)(F)c1cc2[nH]ccc2nc1Cl. The summed E-state index contributed by atoms with van der Waals surface area (Å²) >= 11 is 5.40. The third-order valence-electron chi connectivity index (χ3n) is 1.79. The first-order chi connectivity index (χ1) is 6.48. The lowest BCUT2D eigenvalue weighted by molar-refractivity contribution is -0.137. The summed E-state index contributed by atoms with van der Waals surface area (Å²) < 4.78 is 37.0. The highest BCUT2D eigenvalue weighted by molar-refractivity contribution is 6.30. The van der Waals surface area contributed by atoms with Gasteiger partial charge < -0.3 is 4.98 Å². The van der Waals surface area contributed by atoms with Gasteiger partial charge in [0.05, 0.1) is 16.6 Å². The molecular weight excluding hydrogens is 217 g/mol. The number of hydrogen-bond donors (Lipinski definition) is 1. The number of hydrogen-bond acceptors (Lipinski definition) is 1. The molecule has 0 saturated heterocycles. The zero-order valence-corrected chi connectivity index (χ0v) is 7.45. The molecule has 0 spiro atoms. The lowest BCUT2D eigenvalue weighted by Crippen LogP contribution is -2.06. The Balaban J connectivity index is 2.71. The molecule has 74 valence electrons. The van der Waals surface area contributed by atoms with Crippen LogP contribution in [0.15, 0.2) is 18.3 Å². The molecule has 0 atom stereocenters. The largest absolute Gasteiger partial charge is 0.419 e. The molecule has 6 heteroatoms. The molecule has 2 heterocycles. The van der Waals surface area contributed by atoms with Gasteiger partial charge in [-0.25, -0.2) is 4.98 Å². The van der Waals surface area contributed by atoms with Gasteiger partial charge in [-0.1, -0.05) is 11.6 Å². The maximum Gasteiger partial charge on any atom is 0.419 e. The zero-order chi connectivity index (χ0) is 10.3. The quantitative estimate of drug-likeness (QED) is 0.679. The summed E-state index contributed by atoms with van der Waals surface area (Å²) in [5.41, 5.74) is -0.182. The monoisotopic (exact) mass is 220 g/mol. The van der Waals surface area contributed by atoms with Gasteiger partial charge in [-0.3, -0.25) is 0 Å². The molecule has 2 aromatic heterocycles. The van der Waals surface area contributed by atoms with Gasteiger partial charge in [0.2, 0.25) is 0 Å². The number of nitrogens with zero attached hydrogens (tertiary/aromatic N) is 1. The van der Waals surface area contributed by atoms with Gasteiger partial charge >= 0.3 is 6.18 Å². The molecule has 1 N–H and O–H groups in total. The molecule has 2 aromatic rings. The summed E-state index contributed by atoms with van der Waals surface area (Å²) in [6, 6.07) is 2.51. The van der Waals surface area contributed by atoms with Crippen LogP contribution in [0.1, 0.15) is 5.56 Å². The molecule has 0 aliphatic heterocycles. The van der Waals surface area contributed by atoms with Crippen LogP contribution in [-0.4, -0.2) is 9.97 Å². The fourth-order valence-electron chi connectivity index (χ4n) is 1.16. The fourth-order valence-corrected chi connectivity index (χ4v) is 1.41. The Morgan fingerprint density at radius 2 is 2.07 bits per heavy atom. The minimum absolute atomic E-state index is 0.321. The Morgan fingerprint density at radius 1 is 1.36 bits per heavy atom. The van der Waals surface area contributed by atoms with Gasteiger partial charge in [0.25, 0.3) is 0 Å². The van der Waals surface area contributed by atoms with Crippen molar-refractivity contribution >= 4 is 22.6 Å². The lowest BCUT2D eigenvalue weighted by Gasteiger charge is -2.07. The number of H-pyrrole nitrogens is 1. The number of halogens is 4. The van der Waals surface area contributed by atoms with E-state index < -0.39 is 16.9 Å². The number of fused-ring (bicyclic) bond motifs is 1. The van der Waals surface area contributed by atoms with E-state index in [0.717, 1.165) is 6.07 Å². The molecule has 2 rings (SSSR count). The van der Waals surface area contributed by atoms with Gasteiger partial charge in [-0.2, -0.15) is 13.2 Å². The normalized spacial score (nSPS) is 12.3. The predicted molar refractivity (Wildman–Crippen MR) is 46.1 cm³/mol. The van der Waals surface area contributed by atoms with Crippen LogP contribution in [0.2, 0.25) is 5.15 Å². The molecule has 0 amide bonds. The van der Waals surface area contributed by atoms with Crippen LogP contribution in [0.5, 0.6) is 0 Å². The minimum atomic E-state index is -4.47. The summed E-state index contributed by atoms with van der Waals surface area (Å²) in [7, 11) is 0. The third-order valence-corrected chi connectivity index (χ3v) is 2.08. The van der Waals surface area contributed by atoms with Crippen molar-refractivity contribution in [2.75, 3.05) is 0 Å². The molecule has 14 heavy (non-hydrogen) atoms. The van der Waals surface area contributed by atoms with Crippen molar-refractivity contribution in [1.82, 2.24) is 9.97 Å². The average molecular weight is 221 g/mol. The first-order valence-corrected chi connectivity index (χ1v) is 4.07. The highest BCUT2D eigenvalue weighted by Crippen LogP contribution is 2.35. The van der Waals surface area contributed by atoms with Crippen molar-refractivity contribution in [3.05, 3.63) is 29.0 Å². The van der Waals surface area contributed by atoms with Gasteiger partial charge in [-0.05, 0) is 12.1 Å². The number of alkyl halides is 3. The molecule has 0 aromatic carbocycles. The van der Waals surface area contributed by atoms with E-state index in [4.69, 9.17) is 11.6 Å². The van der Waals surface area contributed by atoms with Crippen molar-refractivity contribution in [1.29, 1.82) is 0 Å². The Morgan fingerprint density at radius 3 is 2.71 bits per heavy atom. The molecule has 2 nitrogen and oxygen atoms in total. The van der Waals surface area contributed by atoms with Gasteiger partial charge in [0.15, 0.2) is 0 Å². The lowest BCUT2D eigenvalue weighted by atomic mass is 10.2. The molecular formula is C8H4ClF3N2. The van der Waals surface area contributed by atoms with Crippen LogP contribution >= 0.6 is 11.6 Å². The molecule has 0 unspecified atom stereocenters. The van der Waals surface area contributed by atoms with E-state index in [1.807, 2.05) is 0 Å². The molecule has 0 bridgehead atoms. The minimum Gasteiger partial charge on any atom is -0.360 e. The number of aromatic nitrogens is 2. The smallest absolute Gasteiger partial charge is 0.360 e. The second-order valence-electron chi connectivity index (χ2n) is 2.73. The van der Waals surface area contributed by atoms with Crippen molar-refractivity contribution in [3.8, 4) is 0 Å². The fraction of sp³-hybridized carbons (Fsp3) is 0.125. The molecule has 0 saturated carbocycles. The summed E-state index contributed by atoms with van der Waals surface area (Å²) in [6.07, 6.45) is -2.96. The number of nitrogens with one attached hydrogen (secondary N) is 1.